The molecule has 2 rings (SSSR count). The summed E-state index contributed by atoms with van der Waals surface area (Å²) in [6, 6.07) is 1.94. The summed E-state index contributed by atoms with van der Waals surface area (Å²) >= 11 is 0. The number of nitrogens with one attached hydrogen (secondary N) is 1. The highest BCUT2D eigenvalue weighted by Gasteiger charge is 2.13. The lowest BCUT2D eigenvalue weighted by Crippen LogP contribution is -2.30. The topological polar surface area (TPSA) is 47.0 Å². The molecular formula is C12H16BN3O. The Bertz CT molecular complexity index is 445. The summed E-state index contributed by atoms with van der Waals surface area (Å²) in [6.07, 6.45) is 9.12. The van der Waals surface area contributed by atoms with Crippen molar-refractivity contribution in [2.45, 2.75) is 20.2 Å². The van der Waals surface area contributed by atoms with Gasteiger partial charge in [0.15, 0.2) is 0 Å². The molecule has 5 heteroatoms. The van der Waals surface area contributed by atoms with Crippen molar-refractivity contribution in [3.63, 3.8) is 0 Å². The van der Waals surface area contributed by atoms with Crippen LogP contribution in [0.3, 0.4) is 0 Å². The first kappa shape index (κ1) is 11.7. The molecule has 17 heavy (non-hydrogen) atoms. The van der Waals surface area contributed by atoms with E-state index in [1.807, 2.05) is 19.1 Å². The molecule has 0 aliphatic carbocycles. The summed E-state index contributed by atoms with van der Waals surface area (Å²) in [5.41, 5.74) is 2.97. The van der Waals surface area contributed by atoms with Gasteiger partial charge in [-0.05, 0) is 31.5 Å². The van der Waals surface area contributed by atoms with E-state index in [1.54, 1.807) is 12.5 Å². The van der Waals surface area contributed by atoms with Crippen LogP contribution in [0.2, 0.25) is 6.32 Å². The van der Waals surface area contributed by atoms with E-state index in [4.69, 9.17) is 4.65 Å². The number of allylic oxidation sites excluding steroid dienone is 1. The highest BCUT2D eigenvalue weighted by molar-refractivity contribution is 6.52. The molecule has 0 aromatic carbocycles. The van der Waals surface area contributed by atoms with Crippen LogP contribution in [0.4, 0.5) is 0 Å². The van der Waals surface area contributed by atoms with Gasteiger partial charge >= 0.3 is 6.92 Å². The minimum absolute atomic E-state index is 0.188. The Morgan fingerprint density at radius 3 is 3.24 bits per heavy atom. The first-order chi connectivity index (χ1) is 8.29. The van der Waals surface area contributed by atoms with E-state index < -0.39 is 0 Å². The highest BCUT2D eigenvalue weighted by Crippen LogP contribution is 2.12. The van der Waals surface area contributed by atoms with E-state index in [0.29, 0.717) is 0 Å². The molecule has 1 aliphatic rings. The van der Waals surface area contributed by atoms with Crippen LogP contribution >= 0.6 is 0 Å². The van der Waals surface area contributed by atoms with E-state index in [2.05, 4.69) is 28.5 Å². The molecule has 0 unspecified atom stereocenters. The Morgan fingerprint density at radius 1 is 1.53 bits per heavy atom. The predicted octanol–water partition coefficient (Wildman–Crippen LogP) is 1.98. The Morgan fingerprint density at radius 2 is 2.41 bits per heavy atom. The molecule has 1 N–H and O–H groups in total. The molecule has 4 nitrogen and oxygen atoms in total. The zero-order valence-electron chi connectivity index (χ0n) is 10.2. The highest BCUT2D eigenvalue weighted by atomic mass is 16.4. The van der Waals surface area contributed by atoms with Crippen molar-refractivity contribution in [1.29, 1.82) is 0 Å². The molecule has 2 heterocycles. The van der Waals surface area contributed by atoms with Gasteiger partial charge in [0.25, 0.3) is 0 Å². The zero-order valence-corrected chi connectivity index (χ0v) is 10.2. The van der Waals surface area contributed by atoms with Crippen molar-refractivity contribution in [3.8, 4) is 0 Å². The quantitative estimate of drug-likeness (QED) is 0.748. The fourth-order valence-electron chi connectivity index (χ4n) is 1.67. The largest absolute Gasteiger partial charge is 0.564 e. The molecule has 1 aliphatic heterocycles. The maximum absolute atomic E-state index is 5.63. The van der Waals surface area contributed by atoms with Gasteiger partial charge in [0.1, 0.15) is 0 Å². The lowest BCUT2D eigenvalue weighted by atomic mass is 9.65. The monoisotopic (exact) mass is 229 g/mol. The predicted molar refractivity (Wildman–Crippen MR) is 70.0 cm³/mol. The number of aromatic nitrogens is 2. The van der Waals surface area contributed by atoms with Crippen molar-refractivity contribution in [3.05, 3.63) is 35.5 Å². The molecule has 1 aromatic heterocycles. The Hall–Kier alpha value is -1.78. The van der Waals surface area contributed by atoms with Gasteiger partial charge in [0, 0.05) is 17.7 Å². The summed E-state index contributed by atoms with van der Waals surface area (Å²) in [5.74, 6) is 0. The fourth-order valence-corrected chi connectivity index (χ4v) is 1.67. The standard InChI is InChI=1S/C12H16BN3O/c1-3-13-9-14-10(2)8-11-4-6-15-16-12(11)5-7-17-13/h4-8,14H,3,9H2,1-2H3/b7-5+,10-8+. The minimum Gasteiger partial charge on any atom is -0.564 e. The number of rotatable bonds is 1. The maximum atomic E-state index is 5.63. The maximum Gasteiger partial charge on any atom is 0.375 e. The lowest BCUT2D eigenvalue weighted by Gasteiger charge is -2.14. The third kappa shape index (κ3) is 3.09. The van der Waals surface area contributed by atoms with Crippen molar-refractivity contribution in [2.75, 3.05) is 6.44 Å². The summed E-state index contributed by atoms with van der Waals surface area (Å²) in [7, 11) is 0. The third-order valence-corrected chi connectivity index (χ3v) is 2.71. The lowest BCUT2D eigenvalue weighted by molar-refractivity contribution is 0.488. The van der Waals surface area contributed by atoms with Gasteiger partial charge < -0.3 is 9.97 Å². The molecule has 0 atom stereocenters. The summed E-state index contributed by atoms with van der Waals surface area (Å²) in [4.78, 5) is 0. The molecule has 88 valence electrons. The molecule has 0 spiro atoms. The summed E-state index contributed by atoms with van der Waals surface area (Å²) in [5, 5.41) is 11.3. The summed E-state index contributed by atoms with van der Waals surface area (Å²) < 4.78 is 5.63. The van der Waals surface area contributed by atoms with E-state index in [9.17, 15) is 0 Å². The normalized spacial score (nSPS) is 20.4. The SMILES string of the molecule is CCB1CN/C(C)=C/c2ccnnc2/C=C/O1. The van der Waals surface area contributed by atoms with E-state index >= 15 is 0 Å². The van der Waals surface area contributed by atoms with E-state index in [-0.39, 0.29) is 6.92 Å². The molecule has 0 radical (unpaired) electrons. The fraction of sp³-hybridized carbons (Fsp3) is 0.333. The molecule has 0 bridgehead atoms. The van der Waals surface area contributed by atoms with Crippen LogP contribution < -0.4 is 5.32 Å². The molecular weight excluding hydrogens is 213 g/mol. The van der Waals surface area contributed by atoms with Gasteiger partial charge in [-0.3, -0.25) is 0 Å². The second-order valence-electron chi connectivity index (χ2n) is 4.05. The van der Waals surface area contributed by atoms with Gasteiger partial charge in [-0.25, -0.2) is 0 Å². The Labute approximate surface area is 102 Å². The number of hydrogen-bond donors (Lipinski definition) is 1. The first-order valence-electron chi connectivity index (χ1n) is 5.85. The van der Waals surface area contributed by atoms with Crippen molar-refractivity contribution in [1.82, 2.24) is 15.5 Å². The number of nitrogens with zero attached hydrogens (tertiary/aromatic N) is 2. The molecule has 0 amide bonds. The van der Waals surface area contributed by atoms with E-state index in [0.717, 1.165) is 29.7 Å². The number of fused-ring (bicyclic) bond motifs is 1. The second-order valence-corrected chi connectivity index (χ2v) is 4.05. The van der Waals surface area contributed by atoms with Gasteiger partial charge in [-0.15, -0.1) is 0 Å². The van der Waals surface area contributed by atoms with Crippen LogP contribution in [-0.4, -0.2) is 23.6 Å². The zero-order chi connectivity index (χ0) is 12.1. The minimum atomic E-state index is 0.188. The van der Waals surface area contributed by atoms with Crippen molar-refractivity contribution in [2.24, 2.45) is 0 Å². The van der Waals surface area contributed by atoms with Crippen LogP contribution in [0.1, 0.15) is 25.1 Å². The van der Waals surface area contributed by atoms with Crippen LogP contribution in [-0.2, 0) is 4.65 Å². The molecule has 0 saturated heterocycles. The van der Waals surface area contributed by atoms with Crippen LogP contribution in [0.25, 0.3) is 12.2 Å². The smallest absolute Gasteiger partial charge is 0.375 e. The van der Waals surface area contributed by atoms with Gasteiger partial charge in [0.05, 0.1) is 18.2 Å². The second kappa shape index (κ2) is 5.52. The van der Waals surface area contributed by atoms with Gasteiger partial charge in [-0.1, -0.05) is 6.92 Å². The average Bonchev–Trinajstić information content (AvgIpc) is 2.35. The molecule has 1 aromatic rings. The van der Waals surface area contributed by atoms with Crippen LogP contribution in [0.5, 0.6) is 0 Å². The average molecular weight is 229 g/mol. The Kier molecular flexibility index (Phi) is 3.80. The van der Waals surface area contributed by atoms with Crippen LogP contribution in [0, 0.1) is 0 Å². The van der Waals surface area contributed by atoms with Gasteiger partial charge in [0.2, 0.25) is 0 Å². The van der Waals surface area contributed by atoms with Gasteiger partial charge in [-0.2, -0.15) is 10.2 Å². The molecule has 0 fully saturated rings. The van der Waals surface area contributed by atoms with E-state index in [1.165, 1.54) is 0 Å². The first-order valence-corrected chi connectivity index (χ1v) is 5.85. The van der Waals surface area contributed by atoms with Crippen LogP contribution in [0.15, 0.2) is 24.2 Å². The summed E-state index contributed by atoms with van der Waals surface area (Å²) in [6.45, 7) is 4.34. The third-order valence-electron chi connectivity index (χ3n) is 2.71. The Balaban J connectivity index is 2.32. The number of hydrogen-bond acceptors (Lipinski definition) is 4. The molecule has 0 saturated carbocycles. The van der Waals surface area contributed by atoms with Crippen molar-refractivity contribution >= 4 is 19.1 Å². The van der Waals surface area contributed by atoms with Crippen molar-refractivity contribution < 1.29 is 4.65 Å².